The Bertz CT molecular complexity index is 365. The summed E-state index contributed by atoms with van der Waals surface area (Å²) in [4.78, 5) is 12.2. The number of amides is 1. The van der Waals surface area contributed by atoms with Gasteiger partial charge >= 0.3 is 0 Å². The zero-order chi connectivity index (χ0) is 11.1. The first-order valence-electron chi connectivity index (χ1n) is 4.62. The Hall–Kier alpha value is -1.47. The van der Waals surface area contributed by atoms with Crippen LogP contribution in [0.2, 0.25) is 0 Å². The van der Waals surface area contributed by atoms with Crippen molar-refractivity contribution in [2.24, 2.45) is 0 Å². The Kier molecular flexibility index (Phi) is 4.72. The number of terminal acetylenes is 1. The quantitative estimate of drug-likeness (QED) is 0.611. The summed E-state index contributed by atoms with van der Waals surface area (Å²) in [6.07, 6.45) is 6.60. The van der Waals surface area contributed by atoms with E-state index in [1.54, 1.807) is 18.6 Å². The summed E-state index contributed by atoms with van der Waals surface area (Å²) in [5.74, 6) is 3.17. The van der Waals surface area contributed by atoms with E-state index in [0.29, 0.717) is 23.6 Å². The number of unbranched alkanes of at least 4 members (excludes halogenated alkanes) is 1. The van der Waals surface area contributed by atoms with Crippen molar-refractivity contribution < 1.29 is 9.53 Å². The number of nitrogens with one attached hydrogen (secondary N) is 1. The van der Waals surface area contributed by atoms with E-state index >= 15 is 0 Å². The maximum absolute atomic E-state index is 11.5. The lowest BCUT2D eigenvalue weighted by Gasteiger charge is -2.00. The molecule has 0 atom stereocenters. The van der Waals surface area contributed by atoms with Crippen LogP contribution in [0, 0.1) is 12.3 Å². The molecule has 80 valence electrons. The van der Waals surface area contributed by atoms with Gasteiger partial charge in [-0.15, -0.1) is 23.7 Å². The highest BCUT2D eigenvalue weighted by Crippen LogP contribution is 2.20. The van der Waals surface area contributed by atoms with Crippen molar-refractivity contribution >= 4 is 17.2 Å². The molecule has 0 unspecified atom stereocenters. The maximum Gasteiger partial charge on any atom is 0.261 e. The number of hydrogen-bond acceptors (Lipinski definition) is 3. The van der Waals surface area contributed by atoms with Gasteiger partial charge in [-0.25, -0.2) is 0 Å². The molecule has 0 radical (unpaired) electrons. The first kappa shape index (κ1) is 11.6. The third-order valence-electron chi connectivity index (χ3n) is 1.82. The average Bonchev–Trinajstić information content (AvgIpc) is 2.72. The van der Waals surface area contributed by atoms with Gasteiger partial charge in [0.1, 0.15) is 5.75 Å². The summed E-state index contributed by atoms with van der Waals surface area (Å²) < 4.78 is 4.99. The van der Waals surface area contributed by atoms with Crippen molar-refractivity contribution in [2.45, 2.75) is 12.8 Å². The highest BCUT2D eigenvalue weighted by molar-refractivity contribution is 7.12. The molecular formula is C11H13NO2S. The Morgan fingerprint density at radius 3 is 3.13 bits per heavy atom. The van der Waals surface area contributed by atoms with Crippen molar-refractivity contribution in [1.29, 1.82) is 0 Å². The van der Waals surface area contributed by atoms with E-state index in [0.717, 1.165) is 6.42 Å². The second-order valence-corrected chi connectivity index (χ2v) is 3.83. The molecule has 0 aliphatic heterocycles. The van der Waals surface area contributed by atoms with Crippen LogP contribution in [0.15, 0.2) is 11.4 Å². The molecule has 3 nitrogen and oxygen atoms in total. The summed E-state index contributed by atoms with van der Waals surface area (Å²) in [5, 5.41) is 4.59. The Morgan fingerprint density at radius 2 is 2.53 bits per heavy atom. The molecule has 1 heterocycles. The van der Waals surface area contributed by atoms with E-state index in [2.05, 4.69) is 11.2 Å². The van der Waals surface area contributed by atoms with E-state index in [4.69, 9.17) is 11.2 Å². The van der Waals surface area contributed by atoms with Gasteiger partial charge in [0.2, 0.25) is 0 Å². The summed E-state index contributed by atoms with van der Waals surface area (Å²) in [6, 6.07) is 1.72. The largest absolute Gasteiger partial charge is 0.496 e. The molecule has 4 heteroatoms. The third-order valence-corrected chi connectivity index (χ3v) is 2.73. The minimum Gasteiger partial charge on any atom is -0.496 e. The first-order chi connectivity index (χ1) is 7.27. The van der Waals surface area contributed by atoms with Gasteiger partial charge in [0.25, 0.3) is 5.91 Å². The van der Waals surface area contributed by atoms with Crippen LogP contribution in [0.1, 0.15) is 22.5 Å². The summed E-state index contributed by atoms with van der Waals surface area (Å²) in [7, 11) is 1.58. The van der Waals surface area contributed by atoms with Crippen molar-refractivity contribution in [1.82, 2.24) is 5.32 Å². The van der Waals surface area contributed by atoms with Gasteiger partial charge in [-0.2, -0.15) is 0 Å². The monoisotopic (exact) mass is 223 g/mol. The highest BCUT2D eigenvalue weighted by atomic mass is 32.1. The van der Waals surface area contributed by atoms with E-state index in [9.17, 15) is 4.79 Å². The highest BCUT2D eigenvalue weighted by Gasteiger charge is 2.07. The molecule has 0 spiro atoms. The maximum atomic E-state index is 11.5. The van der Waals surface area contributed by atoms with Gasteiger partial charge in [-0.1, -0.05) is 0 Å². The van der Waals surface area contributed by atoms with Gasteiger partial charge in [-0.3, -0.25) is 4.79 Å². The van der Waals surface area contributed by atoms with Crippen LogP contribution in [0.4, 0.5) is 0 Å². The summed E-state index contributed by atoms with van der Waals surface area (Å²) in [6.45, 7) is 0.614. The predicted octanol–water partition coefficient (Wildman–Crippen LogP) is 1.90. The van der Waals surface area contributed by atoms with Gasteiger partial charge in [0.15, 0.2) is 0 Å². The minimum atomic E-state index is -0.0691. The van der Waals surface area contributed by atoms with Crippen LogP contribution in [-0.2, 0) is 0 Å². The van der Waals surface area contributed by atoms with E-state index in [1.807, 2.05) is 0 Å². The molecule has 0 bridgehead atoms. The van der Waals surface area contributed by atoms with Gasteiger partial charge in [0, 0.05) is 24.4 Å². The fraction of sp³-hybridized carbons (Fsp3) is 0.364. The van der Waals surface area contributed by atoms with Gasteiger partial charge in [0.05, 0.1) is 12.0 Å². The number of ether oxygens (including phenoxy) is 1. The first-order valence-corrected chi connectivity index (χ1v) is 5.50. The van der Waals surface area contributed by atoms with Crippen molar-refractivity contribution in [2.75, 3.05) is 13.7 Å². The van der Waals surface area contributed by atoms with Crippen LogP contribution >= 0.6 is 11.3 Å². The molecular weight excluding hydrogens is 210 g/mol. The normalized spacial score (nSPS) is 9.33. The molecule has 0 aliphatic rings. The summed E-state index contributed by atoms with van der Waals surface area (Å²) >= 11 is 1.37. The molecule has 15 heavy (non-hydrogen) atoms. The predicted molar refractivity (Wildman–Crippen MR) is 61.3 cm³/mol. The molecule has 1 rings (SSSR count). The standard InChI is InChI=1S/C11H13NO2S/c1-3-4-5-6-12-11(13)10-7-9(14-2)8-15-10/h1,7-8H,4-6H2,2H3,(H,12,13). The van der Waals surface area contributed by atoms with Crippen LogP contribution < -0.4 is 10.1 Å². The number of carbonyl (C=O) groups excluding carboxylic acids is 1. The number of methoxy groups -OCH3 is 1. The van der Waals surface area contributed by atoms with Crippen LogP contribution in [0.5, 0.6) is 5.75 Å². The van der Waals surface area contributed by atoms with Crippen LogP contribution in [0.3, 0.4) is 0 Å². The smallest absolute Gasteiger partial charge is 0.261 e. The number of rotatable bonds is 5. The zero-order valence-electron chi connectivity index (χ0n) is 8.58. The van der Waals surface area contributed by atoms with Gasteiger partial charge < -0.3 is 10.1 Å². The van der Waals surface area contributed by atoms with Crippen LogP contribution in [0.25, 0.3) is 0 Å². The lowest BCUT2D eigenvalue weighted by Crippen LogP contribution is -2.23. The number of thiophene rings is 1. The second-order valence-electron chi connectivity index (χ2n) is 2.91. The fourth-order valence-corrected chi connectivity index (χ4v) is 1.80. The third kappa shape index (κ3) is 3.64. The molecule has 1 amide bonds. The van der Waals surface area contributed by atoms with E-state index in [1.165, 1.54) is 11.3 Å². The topological polar surface area (TPSA) is 38.3 Å². The van der Waals surface area contributed by atoms with Crippen molar-refractivity contribution in [3.05, 3.63) is 16.3 Å². The zero-order valence-corrected chi connectivity index (χ0v) is 9.39. The molecule has 0 saturated carbocycles. The summed E-state index contributed by atoms with van der Waals surface area (Å²) in [5.41, 5.74) is 0. The van der Waals surface area contributed by atoms with Crippen LogP contribution in [-0.4, -0.2) is 19.6 Å². The van der Waals surface area contributed by atoms with Gasteiger partial charge in [-0.05, 0) is 6.42 Å². The molecule has 1 N–H and O–H groups in total. The second kappa shape index (κ2) is 6.10. The Labute approximate surface area is 93.5 Å². The van der Waals surface area contributed by atoms with Crippen molar-refractivity contribution in [3.8, 4) is 18.1 Å². The average molecular weight is 223 g/mol. The molecule has 1 aromatic heterocycles. The number of carbonyl (C=O) groups is 1. The molecule has 1 aromatic rings. The molecule has 0 aromatic carbocycles. The Morgan fingerprint density at radius 1 is 1.73 bits per heavy atom. The fourth-order valence-electron chi connectivity index (χ4n) is 1.02. The lowest BCUT2D eigenvalue weighted by molar-refractivity contribution is 0.0957. The van der Waals surface area contributed by atoms with E-state index < -0.39 is 0 Å². The van der Waals surface area contributed by atoms with Crippen molar-refractivity contribution in [3.63, 3.8) is 0 Å². The number of hydrogen-bond donors (Lipinski definition) is 1. The lowest BCUT2D eigenvalue weighted by atomic mass is 10.3. The molecule has 0 saturated heterocycles. The molecule has 0 fully saturated rings. The minimum absolute atomic E-state index is 0.0691. The molecule has 0 aliphatic carbocycles. The SMILES string of the molecule is C#CCCCNC(=O)c1cc(OC)cs1. The Balaban J connectivity index is 2.37. The van der Waals surface area contributed by atoms with E-state index in [-0.39, 0.29) is 5.91 Å².